The number of rotatable bonds is 8. The summed E-state index contributed by atoms with van der Waals surface area (Å²) in [5.74, 6) is 0.180. The van der Waals surface area contributed by atoms with Crippen LogP contribution in [0.1, 0.15) is 21.7 Å². The Morgan fingerprint density at radius 3 is 2.71 bits per heavy atom. The number of ether oxygens (including phenoxy) is 1. The van der Waals surface area contributed by atoms with Crippen LogP contribution in [-0.4, -0.2) is 37.9 Å². The van der Waals surface area contributed by atoms with Crippen LogP contribution < -0.4 is 10.1 Å². The van der Waals surface area contributed by atoms with E-state index in [1.54, 1.807) is 12.1 Å². The quantitative estimate of drug-likeness (QED) is 0.499. The number of carboxylic acids is 1. The number of amides is 1. The van der Waals surface area contributed by atoms with Crippen molar-refractivity contribution >= 4 is 29.3 Å². The van der Waals surface area contributed by atoms with E-state index in [0.29, 0.717) is 16.7 Å². The number of aryl methyl sites for hydroxylation is 1. The van der Waals surface area contributed by atoms with Crippen LogP contribution in [0.15, 0.2) is 53.7 Å². The van der Waals surface area contributed by atoms with Crippen molar-refractivity contribution in [2.24, 2.45) is 0 Å². The highest BCUT2D eigenvalue weighted by Crippen LogP contribution is 2.16. The summed E-state index contributed by atoms with van der Waals surface area (Å²) in [4.78, 5) is 27.1. The van der Waals surface area contributed by atoms with Gasteiger partial charge in [-0.15, -0.1) is 5.10 Å². The summed E-state index contributed by atoms with van der Waals surface area (Å²) in [7, 11) is 0. The van der Waals surface area contributed by atoms with Gasteiger partial charge in [-0.1, -0.05) is 23.9 Å². The van der Waals surface area contributed by atoms with E-state index in [1.807, 2.05) is 31.2 Å². The van der Waals surface area contributed by atoms with Gasteiger partial charge in [-0.2, -0.15) is 0 Å². The summed E-state index contributed by atoms with van der Waals surface area (Å²) in [6.07, 6.45) is 0. The molecule has 0 fully saturated rings. The molecule has 28 heavy (non-hydrogen) atoms. The van der Waals surface area contributed by atoms with Crippen LogP contribution in [0, 0.1) is 6.92 Å². The van der Waals surface area contributed by atoms with Gasteiger partial charge >= 0.3 is 5.97 Å². The number of carboxylic acid groups (broad SMARTS) is 1. The van der Waals surface area contributed by atoms with Gasteiger partial charge in [0.25, 0.3) is 0 Å². The maximum Gasteiger partial charge on any atom is 0.335 e. The number of thioether (sulfide) groups is 1. The number of aromatic amines is 1. The molecular formula is C19H18N4O4S. The number of carbonyl (C=O) groups is 2. The predicted molar refractivity (Wildman–Crippen MR) is 105 cm³/mol. The van der Waals surface area contributed by atoms with Crippen molar-refractivity contribution in [1.29, 1.82) is 0 Å². The van der Waals surface area contributed by atoms with Crippen molar-refractivity contribution in [3.8, 4) is 5.75 Å². The number of nitrogens with zero attached hydrogens (tertiary/aromatic N) is 2. The lowest BCUT2D eigenvalue weighted by molar-refractivity contribution is -0.113. The first kappa shape index (κ1) is 19.4. The van der Waals surface area contributed by atoms with E-state index in [-0.39, 0.29) is 23.8 Å². The van der Waals surface area contributed by atoms with E-state index in [0.717, 1.165) is 11.3 Å². The average molecular weight is 398 g/mol. The zero-order chi connectivity index (χ0) is 19.9. The molecule has 0 spiro atoms. The highest BCUT2D eigenvalue weighted by molar-refractivity contribution is 7.99. The second-order valence-electron chi connectivity index (χ2n) is 5.89. The standard InChI is InChI=1S/C19H18N4O4S/c1-12-3-2-4-15(9-12)27-10-16-21-19(23-22-16)28-11-17(24)20-14-7-5-13(6-8-14)18(25)26/h2-9H,10-11H2,1H3,(H,20,24)(H,25,26)(H,21,22,23). The predicted octanol–water partition coefficient (Wildman–Crippen LogP) is 3.12. The zero-order valence-electron chi connectivity index (χ0n) is 15.0. The van der Waals surface area contributed by atoms with Crippen LogP contribution in [0.4, 0.5) is 5.69 Å². The minimum atomic E-state index is -1.01. The summed E-state index contributed by atoms with van der Waals surface area (Å²) in [6, 6.07) is 13.6. The van der Waals surface area contributed by atoms with Crippen molar-refractivity contribution in [3.63, 3.8) is 0 Å². The molecule has 3 N–H and O–H groups in total. The summed E-state index contributed by atoms with van der Waals surface area (Å²) in [5, 5.41) is 18.9. The number of aromatic carboxylic acids is 1. The molecule has 1 aromatic heterocycles. The maximum absolute atomic E-state index is 12.0. The van der Waals surface area contributed by atoms with E-state index >= 15 is 0 Å². The Morgan fingerprint density at radius 1 is 1.21 bits per heavy atom. The van der Waals surface area contributed by atoms with Gasteiger partial charge in [-0.3, -0.25) is 9.89 Å². The third-order valence-electron chi connectivity index (χ3n) is 3.62. The minimum absolute atomic E-state index is 0.122. The summed E-state index contributed by atoms with van der Waals surface area (Å²) < 4.78 is 5.65. The van der Waals surface area contributed by atoms with Crippen molar-refractivity contribution in [1.82, 2.24) is 15.2 Å². The molecule has 0 aliphatic rings. The van der Waals surface area contributed by atoms with Gasteiger partial charge in [-0.05, 0) is 48.9 Å². The Bertz CT molecular complexity index is 972. The fraction of sp³-hybridized carbons (Fsp3) is 0.158. The van der Waals surface area contributed by atoms with Crippen molar-refractivity contribution < 1.29 is 19.4 Å². The molecule has 3 rings (SSSR count). The molecule has 3 aromatic rings. The lowest BCUT2D eigenvalue weighted by atomic mass is 10.2. The van der Waals surface area contributed by atoms with E-state index in [4.69, 9.17) is 9.84 Å². The van der Waals surface area contributed by atoms with Gasteiger partial charge < -0.3 is 15.2 Å². The number of carbonyl (C=O) groups excluding carboxylic acids is 1. The van der Waals surface area contributed by atoms with E-state index in [9.17, 15) is 9.59 Å². The zero-order valence-corrected chi connectivity index (χ0v) is 15.8. The van der Waals surface area contributed by atoms with Gasteiger partial charge in [0, 0.05) is 5.69 Å². The first-order valence-electron chi connectivity index (χ1n) is 8.36. The smallest absolute Gasteiger partial charge is 0.335 e. The van der Waals surface area contributed by atoms with Crippen LogP contribution in [0.25, 0.3) is 0 Å². The Morgan fingerprint density at radius 2 is 2.00 bits per heavy atom. The highest BCUT2D eigenvalue weighted by Gasteiger charge is 2.09. The van der Waals surface area contributed by atoms with Gasteiger partial charge in [-0.25, -0.2) is 9.78 Å². The molecule has 1 amide bonds. The lowest BCUT2D eigenvalue weighted by Crippen LogP contribution is -2.14. The Balaban J connectivity index is 1.45. The second-order valence-corrected chi connectivity index (χ2v) is 6.83. The number of hydrogen-bond acceptors (Lipinski definition) is 6. The number of nitrogens with one attached hydrogen (secondary N) is 2. The SMILES string of the molecule is Cc1cccc(OCc2nc(SCC(=O)Nc3ccc(C(=O)O)cc3)n[nH]2)c1. The van der Waals surface area contributed by atoms with Crippen molar-refractivity contribution in [2.45, 2.75) is 18.7 Å². The van der Waals surface area contributed by atoms with Crippen LogP contribution in [0.2, 0.25) is 0 Å². The van der Waals surface area contributed by atoms with Crippen LogP contribution >= 0.6 is 11.8 Å². The maximum atomic E-state index is 12.0. The largest absolute Gasteiger partial charge is 0.486 e. The molecule has 0 aliphatic heterocycles. The fourth-order valence-corrected chi connectivity index (χ4v) is 2.90. The van der Waals surface area contributed by atoms with E-state index in [2.05, 4.69) is 20.5 Å². The van der Waals surface area contributed by atoms with Crippen LogP contribution in [-0.2, 0) is 11.4 Å². The Hall–Kier alpha value is -3.33. The second kappa shape index (κ2) is 9.05. The third-order valence-corrected chi connectivity index (χ3v) is 4.47. The molecule has 1 heterocycles. The molecule has 8 nitrogen and oxygen atoms in total. The van der Waals surface area contributed by atoms with Crippen LogP contribution in [0.5, 0.6) is 5.75 Å². The lowest BCUT2D eigenvalue weighted by Gasteiger charge is -2.04. The first-order valence-corrected chi connectivity index (χ1v) is 9.35. The molecule has 2 aromatic carbocycles. The molecule has 9 heteroatoms. The van der Waals surface area contributed by atoms with E-state index < -0.39 is 5.97 Å². The normalized spacial score (nSPS) is 10.5. The van der Waals surface area contributed by atoms with Crippen molar-refractivity contribution in [2.75, 3.05) is 11.1 Å². The Kier molecular flexibility index (Phi) is 6.28. The van der Waals surface area contributed by atoms with Gasteiger partial charge in [0.05, 0.1) is 11.3 Å². The van der Waals surface area contributed by atoms with Crippen LogP contribution in [0.3, 0.4) is 0 Å². The number of aromatic nitrogens is 3. The fourth-order valence-electron chi connectivity index (χ4n) is 2.29. The molecule has 0 saturated heterocycles. The summed E-state index contributed by atoms with van der Waals surface area (Å²) in [5.41, 5.74) is 1.79. The number of anilines is 1. The third kappa shape index (κ3) is 5.58. The molecule has 0 unspecified atom stereocenters. The average Bonchev–Trinajstić information content (AvgIpc) is 3.13. The van der Waals surface area contributed by atoms with E-state index in [1.165, 1.54) is 23.9 Å². The molecule has 0 radical (unpaired) electrons. The highest BCUT2D eigenvalue weighted by atomic mass is 32.2. The minimum Gasteiger partial charge on any atom is -0.486 e. The van der Waals surface area contributed by atoms with Gasteiger partial charge in [0.1, 0.15) is 12.4 Å². The number of benzene rings is 2. The first-order chi connectivity index (χ1) is 13.5. The molecule has 0 bridgehead atoms. The summed E-state index contributed by atoms with van der Waals surface area (Å²) in [6.45, 7) is 2.24. The molecule has 0 atom stereocenters. The molecular weight excluding hydrogens is 380 g/mol. The Labute approximate surface area is 165 Å². The number of hydrogen-bond donors (Lipinski definition) is 3. The number of H-pyrrole nitrogens is 1. The molecule has 0 aliphatic carbocycles. The monoisotopic (exact) mass is 398 g/mol. The van der Waals surface area contributed by atoms with Crippen molar-refractivity contribution in [3.05, 3.63) is 65.5 Å². The van der Waals surface area contributed by atoms with Gasteiger partial charge in [0.2, 0.25) is 11.1 Å². The molecule has 0 saturated carbocycles. The topological polar surface area (TPSA) is 117 Å². The summed E-state index contributed by atoms with van der Waals surface area (Å²) >= 11 is 1.19. The molecule has 144 valence electrons. The van der Waals surface area contributed by atoms with Gasteiger partial charge in [0.15, 0.2) is 5.82 Å².